The second kappa shape index (κ2) is 9.66. The molecule has 0 radical (unpaired) electrons. The van der Waals surface area contributed by atoms with Crippen LogP contribution < -0.4 is 4.90 Å². The van der Waals surface area contributed by atoms with Crippen molar-refractivity contribution in [2.24, 2.45) is 5.92 Å². The van der Waals surface area contributed by atoms with E-state index < -0.39 is 5.97 Å². The van der Waals surface area contributed by atoms with Crippen molar-refractivity contribution >= 4 is 28.2 Å². The number of pyridine rings is 1. The largest absolute Gasteiger partial charge is 0.481 e. The van der Waals surface area contributed by atoms with Crippen molar-refractivity contribution in [3.63, 3.8) is 0 Å². The summed E-state index contributed by atoms with van der Waals surface area (Å²) in [5, 5.41) is 15.4. The number of imidazole rings is 1. The molecule has 8 heteroatoms. The Labute approximate surface area is 237 Å². The molecule has 0 bridgehead atoms. The lowest BCUT2D eigenvalue weighted by molar-refractivity contribution is -0.138. The molecule has 41 heavy (non-hydrogen) atoms. The van der Waals surface area contributed by atoms with Crippen molar-refractivity contribution in [2.45, 2.75) is 37.0 Å². The van der Waals surface area contributed by atoms with E-state index in [9.17, 15) is 9.90 Å². The summed E-state index contributed by atoms with van der Waals surface area (Å²) in [5.41, 5.74) is 8.42. The number of benzene rings is 2. The number of fused-ring (bicyclic) bond motifs is 2. The number of carboxylic acid groups (broad SMARTS) is 1. The Kier molecular flexibility index (Phi) is 5.77. The van der Waals surface area contributed by atoms with Crippen molar-refractivity contribution in [3.8, 4) is 11.3 Å². The van der Waals surface area contributed by atoms with E-state index in [0.717, 1.165) is 71.0 Å². The van der Waals surface area contributed by atoms with Crippen LogP contribution in [0.4, 0.5) is 5.69 Å². The quantitative estimate of drug-likeness (QED) is 0.296. The summed E-state index contributed by atoms with van der Waals surface area (Å²) in [7, 11) is 0. The minimum absolute atomic E-state index is 0.107. The van der Waals surface area contributed by atoms with E-state index in [1.165, 1.54) is 5.39 Å². The third kappa shape index (κ3) is 4.25. The van der Waals surface area contributed by atoms with Gasteiger partial charge in [0.05, 0.1) is 47.9 Å². The highest BCUT2D eigenvalue weighted by molar-refractivity contribution is 5.79. The van der Waals surface area contributed by atoms with Crippen LogP contribution in [0.1, 0.15) is 54.0 Å². The zero-order chi connectivity index (χ0) is 27.5. The lowest BCUT2D eigenvalue weighted by Gasteiger charge is -2.34. The first-order valence-electron chi connectivity index (χ1n) is 14.5. The number of nitrogens with zero attached hydrogens (tertiary/aromatic N) is 5. The molecular weight excluding hydrogens is 514 g/mol. The number of hydrogen-bond donors (Lipinski definition) is 1. The molecule has 0 unspecified atom stereocenters. The van der Waals surface area contributed by atoms with Crippen LogP contribution in [0.15, 0.2) is 72.9 Å². The molecule has 8 rings (SSSR count). The van der Waals surface area contributed by atoms with E-state index in [-0.39, 0.29) is 11.8 Å². The third-order valence-corrected chi connectivity index (χ3v) is 9.16. The van der Waals surface area contributed by atoms with Crippen LogP contribution in [0.2, 0.25) is 0 Å². The van der Waals surface area contributed by atoms with E-state index in [4.69, 9.17) is 19.8 Å². The smallest absolute Gasteiger partial charge is 0.307 e. The fourth-order valence-corrected chi connectivity index (χ4v) is 6.67. The Morgan fingerprint density at radius 1 is 0.878 bits per heavy atom. The molecule has 8 nitrogen and oxygen atoms in total. The fourth-order valence-electron chi connectivity index (χ4n) is 6.67. The first kappa shape index (κ1) is 24.5. The lowest BCUT2D eigenvalue weighted by Crippen LogP contribution is -2.36. The number of hydrogen-bond acceptors (Lipinski definition) is 6. The Bertz CT molecular complexity index is 1770. The van der Waals surface area contributed by atoms with E-state index in [1.54, 1.807) is 0 Å². The van der Waals surface area contributed by atoms with Crippen LogP contribution in [0.3, 0.4) is 0 Å². The Morgan fingerprint density at radius 2 is 1.68 bits per heavy atom. The Balaban J connectivity index is 1.16. The van der Waals surface area contributed by atoms with E-state index >= 15 is 0 Å². The van der Waals surface area contributed by atoms with Gasteiger partial charge in [-0.3, -0.25) is 9.78 Å². The maximum atomic E-state index is 11.4. The molecule has 0 spiro atoms. The van der Waals surface area contributed by atoms with Gasteiger partial charge in [-0.05, 0) is 48.9 Å². The standard InChI is InChI=1S/C33H31N5O3/c39-33(40)26-19-25(26)20-5-7-22(8-6-20)31-30(36-32-29(11-12-34-38(31)32)37-13-15-41-16-14-37)24-17-23(18-24)28-10-9-21-3-1-2-4-27(21)35-28/h1-12,23-26H,13-19H2,(H,39,40)/t23-,24-,25-,26-/m1/s1. The monoisotopic (exact) mass is 545 g/mol. The van der Waals surface area contributed by atoms with Gasteiger partial charge < -0.3 is 14.7 Å². The number of carbonyl (C=O) groups is 1. The predicted octanol–water partition coefficient (Wildman–Crippen LogP) is 5.63. The van der Waals surface area contributed by atoms with Crippen molar-refractivity contribution in [3.05, 3.63) is 89.9 Å². The molecule has 3 aliphatic rings. The fraction of sp³-hybridized carbons (Fsp3) is 0.333. The van der Waals surface area contributed by atoms with Gasteiger partial charge in [-0.25, -0.2) is 9.50 Å². The number of aliphatic carboxylic acids is 1. The SMILES string of the molecule is O=C(O)[C@@H]1C[C@@H]1c1ccc(-c2c([C@H]3C[C@H](c4ccc5ccccc5n4)C3)nc3c(N4CCOCC4)ccnn23)cc1. The molecule has 2 aromatic carbocycles. The maximum Gasteiger partial charge on any atom is 0.307 e. The number of ether oxygens (including phenoxy) is 1. The van der Waals surface area contributed by atoms with E-state index in [2.05, 4.69) is 65.6 Å². The van der Waals surface area contributed by atoms with Crippen molar-refractivity contribution in [2.75, 3.05) is 31.2 Å². The van der Waals surface area contributed by atoms with Gasteiger partial charge in [0.2, 0.25) is 0 Å². The lowest BCUT2D eigenvalue weighted by atomic mass is 9.71. The molecule has 1 N–H and O–H groups in total. The first-order valence-corrected chi connectivity index (χ1v) is 14.5. The first-order chi connectivity index (χ1) is 20.1. The van der Waals surface area contributed by atoms with Gasteiger partial charge in [-0.1, -0.05) is 48.5 Å². The summed E-state index contributed by atoms with van der Waals surface area (Å²) >= 11 is 0. The normalized spacial score (nSPS) is 24.0. The van der Waals surface area contributed by atoms with Gasteiger partial charge in [0.1, 0.15) is 0 Å². The van der Waals surface area contributed by atoms with Crippen LogP contribution in [0.5, 0.6) is 0 Å². The molecule has 1 saturated heterocycles. The van der Waals surface area contributed by atoms with Crippen molar-refractivity contribution in [1.82, 2.24) is 19.6 Å². The van der Waals surface area contributed by atoms with Gasteiger partial charge in [-0.15, -0.1) is 0 Å². The number of aromatic nitrogens is 4. The number of para-hydroxylation sites is 1. The van der Waals surface area contributed by atoms with Gasteiger partial charge in [0.15, 0.2) is 5.65 Å². The number of carboxylic acids is 1. The predicted molar refractivity (Wildman–Crippen MR) is 156 cm³/mol. The Hall–Kier alpha value is -4.30. The molecule has 1 aliphatic heterocycles. The topological polar surface area (TPSA) is 92.8 Å². The average molecular weight is 546 g/mol. The van der Waals surface area contributed by atoms with Crippen molar-refractivity contribution in [1.29, 1.82) is 0 Å². The summed E-state index contributed by atoms with van der Waals surface area (Å²) in [4.78, 5) is 24.0. The number of rotatable bonds is 6. The summed E-state index contributed by atoms with van der Waals surface area (Å²) in [6.07, 6.45) is 4.57. The minimum Gasteiger partial charge on any atom is -0.481 e. The molecule has 3 fully saturated rings. The highest BCUT2D eigenvalue weighted by Gasteiger charge is 2.44. The van der Waals surface area contributed by atoms with Gasteiger partial charge in [0, 0.05) is 41.6 Å². The van der Waals surface area contributed by atoms with Crippen LogP contribution >= 0.6 is 0 Å². The number of anilines is 1. The average Bonchev–Trinajstić information content (AvgIpc) is 3.71. The van der Waals surface area contributed by atoms with Crippen LogP contribution in [0.25, 0.3) is 27.8 Å². The summed E-state index contributed by atoms with van der Waals surface area (Å²) in [5.74, 6) is -0.152. The van der Waals surface area contributed by atoms with Crippen LogP contribution in [-0.2, 0) is 9.53 Å². The highest BCUT2D eigenvalue weighted by atomic mass is 16.5. The molecule has 2 atom stereocenters. The van der Waals surface area contributed by atoms with Crippen LogP contribution in [0, 0.1) is 5.92 Å². The molecular formula is C33H31N5O3. The minimum atomic E-state index is -0.705. The van der Waals surface area contributed by atoms with Gasteiger partial charge >= 0.3 is 5.97 Å². The molecule has 5 aromatic rings. The molecule has 0 amide bonds. The summed E-state index contributed by atoms with van der Waals surface area (Å²) < 4.78 is 7.62. The second-order valence-corrected chi connectivity index (χ2v) is 11.6. The molecule has 2 saturated carbocycles. The summed E-state index contributed by atoms with van der Waals surface area (Å²) in [6, 6.07) is 23.1. The van der Waals surface area contributed by atoms with E-state index in [1.807, 2.05) is 16.8 Å². The summed E-state index contributed by atoms with van der Waals surface area (Å²) in [6.45, 7) is 3.07. The van der Waals surface area contributed by atoms with Crippen molar-refractivity contribution < 1.29 is 14.6 Å². The number of morpholine rings is 1. The molecule has 4 heterocycles. The zero-order valence-electron chi connectivity index (χ0n) is 22.7. The Morgan fingerprint density at radius 3 is 2.46 bits per heavy atom. The molecule has 2 aliphatic carbocycles. The maximum absolute atomic E-state index is 11.4. The second-order valence-electron chi connectivity index (χ2n) is 11.6. The highest BCUT2D eigenvalue weighted by Crippen LogP contribution is 2.51. The third-order valence-electron chi connectivity index (χ3n) is 9.16. The van der Waals surface area contributed by atoms with Gasteiger partial charge in [-0.2, -0.15) is 5.10 Å². The van der Waals surface area contributed by atoms with Gasteiger partial charge in [0.25, 0.3) is 0 Å². The van der Waals surface area contributed by atoms with E-state index in [0.29, 0.717) is 31.5 Å². The zero-order valence-corrected chi connectivity index (χ0v) is 22.7. The molecule has 3 aromatic heterocycles. The molecule has 206 valence electrons. The van der Waals surface area contributed by atoms with Crippen LogP contribution in [-0.4, -0.2) is 57.0 Å².